The lowest BCUT2D eigenvalue weighted by Gasteiger charge is -2.36. The molecule has 0 aromatic carbocycles. The van der Waals surface area contributed by atoms with Crippen LogP contribution in [0.5, 0.6) is 0 Å². The van der Waals surface area contributed by atoms with Crippen LogP contribution in [0.2, 0.25) is 0 Å². The molecular weight excluding hydrogens is 256 g/mol. The zero-order chi connectivity index (χ0) is 14.9. The smallest absolute Gasteiger partial charge is 0.0299 e. The average molecular weight is 288 g/mol. The molecule has 21 heavy (non-hydrogen) atoms. The molecule has 0 saturated heterocycles. The van der Waals surface area contributed by atoms with Gasteiger partial charge in [-0.25, -0.2) is 0 Å². The number of hydrogen-bond donors (Lipinski definition) is 1. The normalized spacial score (nSPS) is 25.9. The molecule has 1 saturated carbocycles. The Morgan fingerprint density at radius 1 is 1.19 bits per heavy atom. The van der Waals surface area contributed by atoms with E-state index in [0.717, 1.165) is 24.3 Å². The lowest BCUT2D eigenvalue weighted by molar-refractivity contribution is 0.167. The summed E-state index contributed by atoms with van der Waals surface area (Å²) in [7, 11) is 0. The highest BCUT2D eigenvalue weighted by molar-refractivity contribution is 5.10. The van der Waals surface area contributed by atoms with Gasteiger partial charge in [0.15, 0.2) is 0 Å². The van der Waals surface area contributed by atoms with Gasteiger partial charge in [0.1, 0.15) is 0 Å². The van der Waals surface area contributed by atoms with Crippen LogP contribution in [0.1, 0.15) is 57.9 Å². The Hall–Kier alpha value is -0.890. The van der Waals surface area contributed by atoms with Crippen LogP contribution < -0.4 is 5.32 Å². The van der Waals surface area contributed by atoms with Crippen molar-refractivity contribution < 1.29 is 0 Å². The van der Waals surface area contributed by atoms with Crippen molar-refractivity contribution in [2.45, 2.75) is 58.8 Å². The third-order valence-electron chi connectivity index (χ3n) is 5.00. The molecule has 118 valence electrons. The minimum atomic E-state index is 0.837. The Bertz CT molecular complexity index is 376. The standard InChI is InChI=1S/C19H32N2/c1-3-6-16-8-9-18(15-20-10-4-2)19(12-16)13-17-7-5-11-21-14-17/h5,7,11,14,16,18-20H,3-4,6,8-10,12-13,15H2,1-2H3. The second-order valence-corrected chi connectivity index (χ2v) is 6.76. The molecule has 1 aliphatic rings. The maximum absolute atomic E-state index is 4.29. The summed E-state index contributed by atoms with van der Waals surface area (Å²) in [6.45, 7) is 6.94. The molecule has 1 aliphatic carbocycles. The Kier molecular flexibility index (Phi) is 7.21. The fourth-order valence-electron chi connectivity index (χ4n) is 3.90. The van der Waals surface area contributed by atoms with E-state index in [9.17, 15) is 0 Å². The SMILES string of the molecule is CCCNCC1CCC(CCC)CC1Cc1cccnc1. The predicted molar refractivity (Wildman–Crippen MR) is 90.3 cm³/mol. The Balaban J connectivity index is 1.94. The molecule has 0 aliphatic heterocycles. The first-order valence-corrected chi connectivity index (χ1v) is 8.93. The van der Waals surface area contributed by atoms with E-state index in [1.54, 1.807) is 0 Å². The molecular formula is C19H32N2. The highest BCUT2D eigenvalue weighted by atomic mass is 14.9. The maximum atomic E-state index is 4.29. The summed E-state index contributed by atoms with van der Waals surface area (Å²) in [6, 6.07) is 4.32. The quantitative estimate of drug-likeness (QED) is 0.715. The van der Waals surface area contributed by atoms with Crippen LogP contribution in [0.25, 0.3) is 0 Å². The van der Waals surface area contributed by atoms with Gasteiger partial charge in [0.2, 0.25) is 0 Å². The fourth-order valence-corrected chi connectivity index (χ4v) is 3.90. The molecule has 1 aromatic rings. The van der Waals surface area contributed by atoms with Crippen LogP contribution in [-0.4, -0.2) is 18.1 Å². The molecule has 0 bridgehead atoms. The van der Waals surface area contributed by atoms with Crippen molar-refractivity contribution >= 4 is 0 Å². The minimum Gasteiger partial charge on any atom is -0.316 e. The molecule has 0 radical (unpaired) electrons. The van der Waals surface area contributed by atoms with E-state index in [4.69, 9.17) is 0 Å². The predicted octanol–water partition coefficient (Wildman–Crippen LogP) is 4.46. The lowest BCUT2D eigenvalue weighted by Crippen LogP contribution is -2.34. The van der Waals surface area contributed by atoms with Crippen LogP contribution in [0.4, 0.5) is 0 Å². The number of rotatable bonds is 8. The highest BCUT2D eigenvalue weighted by Crippen LogP contribution is 2.37. The van der Waals surface area contributed by atoms with E-state index in [0.29, 0.717) is 0 Å². The van der Waals surface area contributed by atoms with Gasteiger partial charge in [0, 0.05) is 12.4 Å². The molecule has 2 rings (SSSR count). The summed E-state index contributed by atoms with van der Waals surface area (Å²) in [4.78, 5) is 4.29. The van der Waals surface area contributed by atoms with Gasteiger partial charge >= 0.3 is 0 Å². The topological polar surface area (TPSA) is 24.9 Å². The monoisotopic (exact) mass is 288 g/mol. The summed E-state index contributed by atoms with van der Waals surface area (Å²) < 4.78 is 0. The van der Waals surface area contributed by atoms with Crippen LogP contribution in [0.3, 0.4) is 0 Å². The van der Waals surface area contributed by atoms with Gasteiger partial charge in [-0.1, -0.05) is 39.2 Å². The number of aromatic nitrogens is 1. The molecule has 1 aromatic heterocycles. The number of hydrogen-bond acceptors (Lipinski definition) is 2. The molecule has 1 heterocycles. The highest BCUT2D eigenvalue weighted by Gasteiger charge is 2.29. The molecule has 0 amide bonds. The zero-order valence-corrected chi connectivity index (χ0v) is 13.9. The van der Waals surface area contributed by atoms with E-state index in [-0.39, 0.29) is 0 Å². The van der Waals surface area contributed by atoms with Gasteiger partial charge in [0.25, 0.3) is 0 Å². The Labute approximate surface area is 130 Å². The second kappa shape index (κ2) is 9.19. The average Bonchev–Trinajstić information content (AvgIpc) is 2.51. The van der Waals surface area contributed by atoms with Crippen LogP contribution in [-0.2, 0) is 6.42 Å². The first-order chi connectivity index (χ1) is 10.3. The zero-order valence-electron chi connectivity index (χ0n) is 13.9. The molecule has 1 fully saturated rings. The van der Waals surface area contributed by atoms with Crippen molar-refractivity contribution in [3.8, 4) is 0 Å². The van der Waals surface area contributed by atoms with Gasteiger partial charge in [-0.05, 0) is 68.2 Å². The van der Waals surface area contributed by atoms with Crippen molar-refractivity contribution in [3.63, 3.8) is 0 Å². The summed E-state index contributed by atoms with van der Waals surface area (Å²) in [5.41, 5.74) is 1.42. The molecule has 2 heteroatoms. The van der Waals surface area contributed by atoms with Crippen LogP contribution in [0, 0.1) is 17.8 Å². The lowest BCUT2D eigenvalue weighted by atomic mass is 9.70. The van der Waals surface area contributed by atoms with Gasteiger partial charge < -0.3 is 5.32 Å². The molecule has 3 atom stereocenters. The van der Waals surface area contributed by atoms with E-state index in [2.05, 4.69) is 42.5 Å². The van der Waals surface area contributed by atoms with Gasteiger partial charge in [0.05, 0.1) is 0 Å². The van der Waals surface area contributed by atoms with Crippen LogP contribution >= 0.6 is 0 Å². The van der Waals surface area contributed by atoms with E-state index in [1.807, 2.05) is 6.20 Å². The number of nitrogens with one attached hydrogen (secondary N) is 1. The van der Waals surface area contributed by atoms with E-state index in [1.165, 1.54) is 57.1 Å². The van der Waals surface area contributed by atoms with Crippen molar-refractivity contribution in [1.29, 1.82) is 0 Å². The fraction of sp³-hybridized carbons (Fsp3) is 0.737. The Morgan fingerprint density at radius 3 is 2.81 bits per heavy atom. The van der Waals surface area contributed by atoms with E-state index < -0.39 is 0 Å². The van der Waals surface area contributed by atoms with Crippen LogP contribution in [0.15, 0.2) is 24.5 Å². The summed E-state index contributed by atoms with van der Waals surface area (Å²) in [6.07, 6.45) is 13.4. The van der Waals surface area contributed by atoms with Gasteiger partial charge in [-0.3, -0.25) is 4.98 Å². The first kappa shape index (κ1) is 16.5. The van der Waals surface area contributed by atoms with Crippen molar-refractivity contribution in [3.05, 3.63) is 30.1 Å². The van der Waals surface area contributed by atoms with Crippen molar-refractivity contribution in [2.75, 3.05) is 13.1 Å². The molecule has 2 nitrogen and oxygen atoms in total. The van der Waals surface area contributed by atoms with E-state index >= 15 is 0 Å². The molecule has 0 spiro atoms. The Morgan fingerprint density at radius 2 is 2.10 bits per heavy atom. The number of pyridine rings is 1. The van der Waals surface area contributed by atoms with Gasteiger partial charge in [-0.2, -0.15) is 0 Å². The molecule has 3 unspecified atom stereocenters. The minimum absolute atomic E-state index is 0.837. The van der Waals surface area contributed by atoms with Crippen molar-refractivity contribution in [2.24, 2.45) is 17.8 Å². The summed E-state index contributed by atoms with van der Waals surface area (Å²) in [5.74, 6) is 2.65. The third kappa shape index (κ3) is 5.43. The summed E-state index contributed by atoms with van der Waals surface area (Å²) in [5, 5.41) is 3.65. The second-order valence-electron chi connectivity index (χ2n) is 6.76. The summed E-state index contributed by atoms with van der Waals surface area (Å²) >= 11 is 0. The first-order valence-electron chi connectivity index (χ1n) is 8.93. The third-order valence-corrected chi connectivity index (χ3v) is 5.00. The van der Waals surface area contributed by atoms with Gasteiger partial charge in [-0.15, -0.1) is 0 Å². The molecule has 1 N–H and O–H groups in total. The maximum Gasteiger partial charge on any atom is 0.0299 e. The largest absolute Gasteiger partial charge is 0.316 e. The van der Waals surface area contributed by atoms with Crippen molar-refractivity contribution in [1.82, 2.24) is 10.3 Å². The number of nitrogens with zero attached hydrogens (tertiary/aromatic N) is 1.